The molecule has 1 rings (SSSR count). The third-order valence-corrected chi connectivity index (χ3v) is 3.61. The summed E-state index contributed by atoms with van der Waals surface area (Å²) in [4.78, 5) is 0. The Morgan fingerprint density at radius 1 is 1.29 bits per heavy atom. The van der Waals surface area contributed by atoms with Gasteiger partial charge in [0.1, 0.15) is 0 Å². The molecule has 0 spiro atoms. The SMILES string of the molecule is CCCNC(=S)NCC1(CC)CCC1. The van der Waals surface area contributed by atoms with Crippen molar-refractivity contribution in [3.05, 3.63) is 0 Å². The summed E-state index contributed by atoms with van der Waals surface area (Å²) in [6.07, 6.45) is 6.53. The number of hydrogen-bond acceptors (Lipinski definition) is 1. The second kappa shape index (κ2) is 5.54. The molecule has 0 amide bonds. The van der Waals surface area contributed by atoms with Gasteiger partial charge in [-0.1, -0.05) is 20.3 Å². The summed E-state index contributed by atoms with van der Waals surface area (Å²) in [6, 6.07) is 0. The predicted octanol–water partition coefficient (Wildman–Crippen LogP) is 2.44. The van der Waals surface area contributed by atoms with Gasteiger partial charge >= 0.3 is 0 Å². The van der Waals surface area contributed by atoms with Crippen LogP contribution in [0.15, 0.2) is 0 Å². The molecule has 0 aromatic carbocycles. The average molecular weight is 214 g/mol. The molecule has 0 aromatic rings. The topological polar surface area (TPSA) is 24.1 Å². The maximum Gasteiger partial charge on any atom is 0.166 e. The molecule has 0 saturated heterocycles. The Morgan fingerprint density at radius 2 is 2.00 bits per heavy atom. The van der Waals surface area contributed by atoms with Crippen molar-refractivity contribution in [3.63, 3.8) is 0 Å². The van der Waals surface area contributed by atoms with E-state index in [1.54, 1.807) is 0 Å². The number of hydrogen-bond donors (Lipinski definition) is 2. The van der Waals surface area contributed by atoms with Crippen molar-refractivity contribution < 1.29 is 0 Å². The third kappa shape index (κ3) is 3.12. The van der Waals surface area contributed by atoms with Crippen molar-refractivity contribution in [1.29, 1.82) is 0 Å². The van der Waals surface area contributed by atoms with Gasteiger partial charge in [0.05, 0.1) is 0 Å². The highest BCUT2D eigenvalue weighted by Crippen LogP contribution is 2.42. The van der Waals surface area contributed by atoms with Crippen LogP contribution in [0.3, 0.4) is 0 Å². The van der Waals surface area contributed by atoms with E-state index in [0.29, 0.717) is 5.41 Å². The molecule has 0 bridgehead atoms. The van der Waals surface area contributed by atoms with Gasteiger partial charge in [-0.3, -0.25) is 0 Å². The number of nitrogens with one attached hydrogen (secondary N) is 2. The van der Waals surface area contributed by atoms with E-state index in [-0.39, 0.29) is 0 Å². The summed E-state index contributed by atoms with van der Waals surface area (Å²) in [5.74, 6) is 0. The molecule has 14 heavy (non-hydrogen) atoms. The van der Waals surface area contributed by atoms with Crippen LogP contribution in [0.2, 0.25) is 0 Å². The van der Waals surface area contributed by atoms with Gasteiger partial charge in [0.15, 0.2) is 5.11 Å². The first-order valence-electron chi connectivity index (χ1n) is 5.74. The first-order chi connectivity index (χ1) is 6.72. The fourth-order valence-corrected chi connectivity index (χ4v) is 2.08. The zero-order valence-corrected chi connectivity index (χ0v) is 10.2. The van der Waals surface area contributed by atoms with E-state index in [1.165, 1.54) is 25.7 Å². The van der Waals surface area contributed by atoms with Crippen LogP contribution in [0.4, 0.5) is 0 Å². The maximum atomic E-state index is 5.19. The van der Waals surface area contributed by atoms with Gasteiger partial charge in [-0.15, -0.1) is 0 Å². The van der Waals surface area contributed by atoms with Gasteiger partial charge in [-0.25, -0.2) is 0 Å². The molecule has 0 radical (unpaired) electrons. The normalized spacial score (nSPS) is 18.4. The summed E-state index contributed by atoms with van der Waals surface area (Å²) in [7, 11) is 0. The van der Waals surface area contributed by atoms with E-state index < -0.39 is 0 Å². The van der Waals surface area contributed by atoms with Gasteiger partial charge in [0, 0.05) is 13.1 Å². The standard InChI is InChI=1S/C11H22N2S/c1-3-8-12-10(14)13-9-11(4-2)6-5-7-11/h3-9H2,1-2H3,(H2,12,13,14). The van der Waals surface area contributed by atoms with Crippen LogP contribution >= 0.6 is 12.2 Å². The van der Waals surface area contributed by atoms with E-state index in [1.807, 2.05) is 0 Å². The lowest BCUT2D eigenvalue weighted by Crippen LogP contribution is -2.45. The first kappa shape index (κ1) is 11.8. The van der Waals surface area contributed by atoms with Crippen molar-refractivity contribution in [2.24, 2.45) is 5.41 Å². The van der Waals surface area contributed by atoms with E-state index in [2.05, 4.69) is 24.5 Å². The molecular formula is C11H22N2S. The minimum Gasteiger partial charge on any atom is -0.363 e. The maximum absolute atomic E-state index is 5.19. The third-order valence-electron chi connectivity index (χ3n) is 3.32. The van der Waals surface area contributed by atoms with Gasteiger partial charge in [0.25, 0.3) is 0 Å². The predicted molar refractivity (Wildman–Crippen MR) is 65.5 cm³/mol. The summed E-state index contributed by atoms with van der Waals surface area (Å²) >= 11 is 5.19. The van der Waals surface area contributed by atoms with Crippen LogP contribution < -0.4 is 10.6 Å². The molecule has 1 aliphatic rings. The molecule has 0 unspecified atom stereocenters. The molecule has 1 aliphatic carbocycles. The minimum absolute atomic E-state index is 0.554. The fourth-order valence-electron chi connectivity index (χ4n) is 1.90. The second-order valence-electron chi connectivity index (χ2n) is 4.32. The van der Waals surface area contributed by atoms with Gasteiger partial charge < -0.3 is 10.6 Å². The van der Waals surface area contributed by atoms with Crippen LogP contribution in [-0.2, 0) is 0 Å². The Kier molecular flexibility index (Phi) is 4.66. The fraction of sp³-hybridized carbons (Fsp3) is 0.909. The molecule has 0 atom stereocenters. The molecule has 82 valence electrons. The Morgan fingerprint density at radius 3 is 2.43 bits per heavy atom. The molecule has 0 aliphatic heterocycles. The van der Waals surface area contributed by atoms with Gasteiger partial charge in [0.2, 0.25) is 0 Å². The largest absolute Gasteiger partial charge is 0.363 e. The summed E-state index contributed by atoms with van der Waals surface area (Å²) < 4.78 is 0. The van der Waals surface area contributed by atoms with Crippen LogP contribution in [0.1, 0.15) is 46.0 Å². The Labute approximate surface area is 92.8 Å². The van der Waals surface area contributed by atoms with Crippen molar-refractivity contribution >= 4 is 17.3 Å². The highest BCUT2D eigenvalue weighted by atomic mass is 32.1. The van der Waals surface area contributed by atoms with Crippen LogP contribution in [-0.4, -0.2) is 18.2 Å². The van der Waals surface area contributed by atoms with E-state index in [9.17, 15) is 0 Å². The van der Waals surface area contributed by atoms with Crippen molar-refractivity contribution in [2.75, 3.05) is 13.1 Å². The van der Waals surface area contributed by atoms with Crippen molar-refractivity contribution in [3.8, 4) is 0 Å². The number of rotatable bonds is 5. The molecule has 2 nitrogen and oxygen atoms in total. The van der Waals surface area contributed by atoms with E-state index in [0.717, 1.165) is 24.6 Å². The molecular weight excluding hydrogens is 192 g/mol. The van der Waals surface area contributed by atoms with Crippen LogP contribution in [0.5, 0.6) is 0 Å². The van der Waals surface area contributed by atoms with E-state index >= 15 is 0 Å². The quantitative estimate of drug-likeness (QED) is 0.687. The average Bonchev–Trinajstić information content (AvgIpc) is 2.14. The lowest BCUT2D eigenvalue weighted by molar-refractivity contribution is 0.131. The molecule has 2 N–H and O–H groups in total. The lowest BCUT2D eigenvalue weighted by Gasteiger charge is -2.41. The second-order valence-corrected chi connectivity index (χ2v) is 4.72. The van der Waals surface area contributed by atoms with Crippen molar-refractivity contribution in [2.45, 2.75) is 46.0 Å². The summed E-state index contributed by atoms with van der Waals surface area (Å²) in [5, 5.41) is 7.35. The van der Waals surface area contributed by atoms with Gasteiger partial charge in [-0.2, -0.15) is 0 Å². The smallest absolute Gasteiger partial charge is 0.166 e. The summed E-state index contributed by atoms with van der Waals surface area (Å²) in [6.45, 7) is 6.46. The highest BCUT2D eigenvalue weighted by molar-refractivity contribution is 7.80. The van der Waals surface area contributed by atoms with Crippen LogP contribution in [0, 0.1) is 5.41 Å². The van der Waals surface area contributed by atoms with E-state index in [4.69, 9.17) is 12.2 Å². The minimum atomic E-state index is 0.554. The monoisotopic (exact) mass is 214 g/mol. The molecule has 0 aromatic heterocycles. The van der Waals surface area contributed by atoms with Crippen molar-refractivity contribution in [1.82, 2.24) is 10.6 Å². The zero-order chi connectivity index (χ0) is 10.4. The lowest BCUT2D eigenvalue weighted by atomic mass is 9.67. The Hall–Kier alpha value is -0.310. The molecule has 1 fully saturated rings. The number of thiocarbonyl (C=S) groups is 1. The molecule has 1 saturated carbocycles. The molecule has 3 heteroatoms. The first-order valence-corrected chi connectivity index (χ1v) is 6.15. The molecule has 0 heterocycles. The summed E-state index contributed by atoms with van der Waals surface area (Å²) in [5.41, 5.74) is 0.554. The Balaban J connectivity index is 2.15. The van der Waals surface area contributed by atoms with Gasteiger partial charge in [-0.05, 0) is 43.3 Å². The van der Waals surface area contributed by atoms with Crippen LogP contribution in [0.25, 0.3) is 0 Å². The Bertz CT molecular complexity index is 182. The zero-order valence-electron chi connectivity index (χ0n) is 9.36. The highest BCUT2D eigenvalue weighted by Gasteiger charge is 2.34.